The number of ether oxygens (including phenoxy) is 1. The van der Waals surface area contributed by atoms with Gasteiger partial charge < -0.3 is 4.74 Å². The lowest BCUT2D eigenvalue weighted by Crippen LogP contribution is -2.25. The molecule has 1 heterocycles. The van der Waals surface area contributed by atoms with Crippen LogP contribution in [0.5, 0.6) is 0 Å². The number of hydrogen-bond acceptors (Lipinski definition) is 1. The lowest BCUT2D eigenvalue weighted by atomic mass is 9.87. The van der Waals surface area contributed by atoms with Gasteiger partial charge in [-0.3, -0.25) is 0 Å². The maximum atomic E-state index is 5.25. The third kappa shape index (κ3) is 1.48. The van der Waals surface area contributed by atoms with Crippen molar-refractivity contribution in [2.75, 3.05) is 13.2 Å². The van der Waals surface area contributed by atoms with E-state index in [1.54, 1.807) is 0 Å². The molecule has 0 bridgehead atoms. The van der Waals surface area contributed by atoms with Gasteiger partial charge in [0.05, 0.1) is 6.61 Å². The lowest BCUT2D eigenvalue weighted by Gasteiger charge is -2.28. The van der Waals surface area contributed by atoms with Gasteiger partial charge in [-0.1, -0.05) is 13.8 Å². The first-order valence-electron chi connectivity index (χ1n) is 3.13. The summed E-state index contributed by atoms with van der Waals surface area (Å²) >= 11 is 0. The Bertz CT molecular complexity index is 68.5. The average molecular weight is 113 g/mol. The maximum absolute atomic E-state index is 5.25. The van der Waals surface area contributed by atoms with Crippen molar-refractivity contribution in [1.29, 1.82) is 0 Å². The van der Waals surface area contributed by atoms with E-state index in [1.165, 1.54) is 0 Å². The van der Waals surface area contributed by atoms with Gasteiger partial charge in [-0.2, -0.15) is 0 Å². The van der Waals surface area contributed by atoms with E-state index in [0.29, 0.717) is 5.41 Å². The van der Waals surface area contributed by atoms with Crippen LogP contribution in [0.25, 0.3) is 0 Å². The van der Waals surface area contributed by atoms with Gasteiger partial charge in [-0.15, -0.1) is 0 Å². The molecule has 0 aromatic carbocycles. The summed E-state index contributed by atoms with van der Waals surface area (Å²) in [6.07, 6.45) is 3.45. The molecule has 1 saturated heterocycles. The van der Waals surface area contributed by atoms with E-state index in [4.69, 9.17) is 4.74 Å². The maximum Gasteiger partial charge on any atom is 0.0519 e. The van der Waals surface area contributed by atoms with Crippen molar-refractivity contribution in [2.24, 2.45) is 5.41 Å². The Morgan fingerprint density at radius 3 is 2.50 bits per heavy atom. The Morgan fingerprint density at radius 1 is 1.50 bits per heavy atom. The van der Waals surface area contributed by atoms with Crippen LogP contribution in [0.2, 0.25) is 0 Å². The minimum atomic E-state index is 0.332. The van der Waals surface area contributed by atoms with Crippen molar-refractivity contribution in [3.63, 3.8) is 0 Å². The molecule has 0 atom stereocenters. The van der Waals surface area contributed by atoms with Gasteiger partial charge in [-0.25, -0.2) is 0 Å². The molecule has 1 aliphatic heterocycles. The zero-order valence-corrected chi connectivity index (χ0v) is 5.61. The zero-order chi connectivity index (χ0) is 6.04. The molecule has 0 aliphatic carbocycles. The fourth-order valence-electron chi connectivity index (χ4n) is 0.927. The molecule has 0 aromatic heterocycles. The molecule has 0 saturated carbocycles. The van der Waals surface area contributed by atoms with Crippen molar-refractivity contribution >= 4 is 0 Å². The smallest absolute Gasteiger partial charge is 0.0519 e. The van der Waals surface area contributed by atoms with E-state index in [-0.39, 0.29) is 0 Å². The van der Waals surface area contributed by atoms with Crippen LogP contribution in [0.3, 0.4) is 0 Å². The second-order valence-electron chi connectivity index (χ2n) is 3.03. The molecular formula is C7H13O. The predicted octanol–water partition coefficient (Wildman–Crippen LogP) is 1.64. The monoisotopic (exact) mass is 113 g/mol. The highest BCUT2D eigenvalue weighted by Crippen LogP contribution is 2.24. The van der Waals surface area contributed by atoms with Crippen molar-refractivity contribution in [3.8, 4) is 0 Å². The molecule has 47 valence electrons. The first-order valence-corrected chi connectivity index (χ1v) is 3.13. The summed E-state index contributed by atoms with van der Waals surface area (Å²) in [6, 6.07) is 0. The summed E-state index contributed by atoms with van der Waals surface area (Å²) in [7, 11) is 0. The third-order valence-electron chi connectivity index (χ3n) is 1.43. The number of rotatable bonds is 0. The highest BCUT2D eigenvalue weighted by atomic mass is 16.5. The Morgan fingerprint density at radius 2 is 2.25 bits per heavy atom. The van der Waals surface area contributed by atoms with Gasteiger partial charge in [0.15, 0.2) is 0 Å². The molecule has 8 heavy (non-hydrogen) atoms. The molecule has 0 aromatic rings. The first-order chi connectivity index (χ1) is 3.71. The summed E-state index contributed by atoms with van der Waals surface area (Å²) in [5.74, 6) is 0. The van der Waals surface area contributed by atoms with Crippen LogP contribution in [-0.2, 0) is 4.74 Å². The standard InChI is InChI=1S/C7H13O/c1-7(2)4-3-5-8-6-7/h4H,3,5-6H2,1-2H3. The van der Waals surface area contributed by atoms with E-state index in [9.17, 15) is 0 Å². The van der Waals surface area contributed by atoms with Crippen LogP contribution < -0.4 is 0 Å². The summed E-state index contributed by atoms with van der Waals surface area (Å²) in [6.45, 7) is 6.22. The van der Waals surface area contributed by atoms with Crippen molar-refractivity contribution in [3.05, 3.63) is 6.42 Å². The van der Waals surface area contributed by atoms with Gasteiger partial charge in [-0.05, 0) is 18.3 Å². The third-order valence-corrected chi connectivity index (χ3v) is 1.43. The Labute approximate surface area is 51.0 Å². The minimum absolute atomic E-state index is 0.332. The molecule has 1 radical (unpaired) electrons. The molecule has 1 aliphatic rings. The van der Waals surface area contributed by atoms with E-state index in [1.807, 2.05) is 0 Å². The van der Waals surface area contributed by atoms with Crippen LogP contribution in [0, 0.1) is 11.8 Å². The molecule has 1 fully saturated rings. The van der Waals surface area contributed by atoms with Crippen LogP contribution in [0.4, 0.5) is 0 Å². The number of hydrogen-bond donors (Lipinski definition) is 0. The average Bonchev–Trinajstić information content (AvgIpc) is 1.65. The fourth-order valence-corrected chi connectivity index (χ4v) is 0.927. The van der Waals surface area contributed by atoms with E-state index < -0.39 is 0 Å². The molecule has 0 N–H and O–H groups in total. The molecule has 0 amide bonds. The van der Waals surface area contributed by atoms with Crippen LogP contribution in [0.15, 0.2) is 0 Å². The normalized spacial score (nSPS) is 27.8. The molecular weight excluding hydrogens is 100 g/mol. The van der Waals surface area contributed by atoms with Crippen LogP contribution >= 0.6 is 0 Å². The quantitative estimate of drug-likeness (QED) is 0.464. The minimum Gasteiger partial charge on any atom is -0.381 e. The summed E-state index contributed by atoms with van der Waals surface area (Å²) in [4.78, 5) is 0. The highest BCUT2D eigenvalue weighted by Gasteiger charge is 2.21. The van der Waals surface area contributed by atoms with Gasteiger partial charge in [0, 0.05) is 6.61 Å². The topological polar surface area (TPSA) is 9.23 Å². The van der Waals surface area contributed by atoms with E-state index in [2.05, 4.69) is 20.3 Å². The summed E-state index contributed by atoms with van der Waals surface area (Å²) in [5.41, 5.74) is 0.332. The second kappa shape index (κ2) is 2.06. The van der Waals surface area contributed by atoms with Crippen molar-refractivity contribution in [2.45, 2.75) is 20.3 Å². The largest absolute Gasteiger partial charge is 0.381 e. The van der Waals surface area contributed by atoms with Gasteiger partial charge in [0.2, 0.25) is 0 Å². The SMILES string of the molecule is CC1(C)[CH]CCOC1. The molecule has 1 rings (SSSR count). The van der Waals surface area contributed by atoms with E-state index >= 15 is 0 Å². The molecule has 0 spiro atoms. The second-order valence-corrected chi connectivity index (χ2v) is 3.03. The molecule has 1 nitrogen and oxygen atoms in total. The first kappa shape index (κ1) is 6.09. The predicted molar refractivity (Wildman–Crippen MR) is 33.5 cm³/mol. The molecule has 1 heteroatoms. The Kier molecular flexibility index (Phi) is 1.57. The van der Waals surface area contributed by atoms with E-state index in [0.717, 1.165) is 19.6 Å². The highest BCUT2D eigenvalue weighted by molar-refractivity contribution is 4.87. The van der Waals surface area contributed by atoms with Gasteiger partial charge in [0.25, 0.3) is 0 Å². The van der Waals surface area contributed by atoms with Gasteiger partial charge >= 0.3 is 0 Å². The fraction of sp³-hybridized carbons (Fsp3) is 0.857. The summed E-state index contributed by atoms with van der Waals surface area (Å²) < 4.78 is 5.25. The zero-order valence-electron chi connectivity index (χ0n) is 5.61. The van der Waals surface area contributed by atoms with Crippen LogP contribution in [-0.4, -0.2) is 13.2 Å². The Hall–Kier alpha value is -0.0400. The summed E-state index contributed by atoms with van der Waals surface area (Å²) in [5, 5.41) is 0. The van der Waals surface area contributed by atoms with Crippen LogP contribution in [0.1, 0.15) is 20.3 Å². The van der Waals surface area contributed by atoms with Crippen molar-refractivity contribution < 1.29 is 4.74 Å². The molecule has 0 unspecified atom stereocenters. The Balaban J connectivity index is 2.33. The lowest BCUT2D eigenvalue weighted by molar-refractivity contribution is 0.0456. The van der Waals surface area contributed by atoms with Crippen molar-refractivity contribution in [1.82, 2.24) is 0 Å². The van der Waals surface area contributed by atoms with Gasteiger partial charge in [0.1, 0.15) is 0 Å².